The monoisotopic (exact) mass is 355 g/mol. The van der Waals surface area contributed by atoms with E-state index in [1.165, 1.54) is 0 Å². The minimum Gasteiger partial charge on any atom is -0.479 e. The molecule has 5 heteroatoms. The highest BCUT2D eigenvalue weighted by molar-refractivity contribution is 6.04. The Morgan fingerprint density at radius 3 is 2.38 bits per heavy atom. The minimum atomic E-state index is -0.697. The Morgan fingerprint density at radius 1 is 1.04 bits per heavy atom. The van der Waals surface area contributed by atoms with E-state index in [-0.39, 0.29) is 5.91 Å². The molecule has 2 rings (SSSR count). The first-order valence-electron chi connectivity index (χ1n) is 8.87. The number of carbonyl (C=O) groups excluding carboxylic acids is 2. The molecule has 0 fully saturated rings. The van der Waals surface area contributed by atoms with Crippen LogP contribution in [-0.2, 0) is 16.0 Å². The van der Waals surface area contributed by atoms with Crippen LogP contribution in [-0.4, -0.2) is 24.6 Å². The fourth-order valence-corrected chi connectivity index (χ4v) is 2.40. The number of rotatable bonds is 8. The summed E-state index contributed by atoms with van der Waals surface area (Å²) in [6, 6.07) is 14.4. The fourth-order valence-electron chi connectivity index (χ4n) is 2.40. The van der Waals surface area contributed by atoms with Crippen molar-refractivity contribution in [1.29, 1.82) is 0 Å². The molecule has 138 valence electrons. The van der Waals surface area contributed by atoms with Gasteiger partial charge in [0.1, 0.15) is 5.75 Å². The number of esters is 1. The van der Waals surface area contributed by atoms with Crippen molar-refractivity contribution in [2.45, 2.75) is 39.7 Å². The smallest absolute Gasteiger partial charge is 0.347 e. The number of hydrogen-bond acceptors (Lipinski definition) is 4. The molecule has 0 unspecified atom stereocenters. The van der Waals surface area contributed by atoms with Crippen LogP contribution in [0.25, 0.3) is 0 Å². The Kier molecular flexibility index (Phi) is 7.21. The number of aryl methyl sites for hydroxylation is 1. The van der Waals surface area contributed by atoms with Gasteiger partial charge in [0.25, 0.3) is 5.91 Å². The van der Waals surface area contributed by atoms with Gasteiger partial charge in [-0.1, -0.05) is 32.0 Å². The lowest BCUT2D eigenvalue weighted by Crippen LogP contribution is -2.26. The average Bonchev–Trinajstić information content (AvgIpc) is 2.66. The quantitative estimate of drug-likeness (QED) is 0.720. The zero-order valence-corrected chi connectivity index (χ0v) is 15.5. The molecule has 2 aromatic rings. The zero-order chi connectivity index (χ0) is 18.9. The molecule has 0 spiro atoms. The fraction of sp³-hybridized carbons (Fsp3) is 0.333. The van der Waals surface area contributed by atoms with Crippen LogP contribution in [0.5, 0.6) is 5.75 Å². The molecule has 2 aromatic carbocycles. The van der Waals surface area contributed by atoms with E-state index in [0.717, 1.165) is 24.1 Å². The number of anilines is 1. The van der Waals surface area contributed by atoms with Gasteiger partial charge in [0.2, 0.25) is 0 Å². The molecule has 0 saturated heterocycles. The molecule has 0 aliphatic rings. The Balaban J connectivity index is 1.98. The van der Waals surface area contributed by atoms with Gasteiger partial charge in [0, 0.05) is 11.3 Å². The summed E-state index contributed by atoms with van der Waals surface area (Å²) >= 11 is 0. The molecule has 1 N–H and O–H groups in total. The number of benzene rings is 2. The van der Waals surface area contributed by atoms with Crippen LogP contribution in [0, 0.1) is 0 Å². The van der Waals surface area contributed by atoms with Crippen LogP contribution in [0.1, 0.15) is 43.1 Å². The van der Waals surface area contributed by atoms with E-state index in [4.69, 9.17) is 9.47 Å². The van der Waals surface area contributed by atoms with Crippen molar-refractivity contribution in [3.8, 4) is 5.75 Å². The van der Waals surface area contributed by atoms with Gasteiger partial charge in [-0.2, -0.15) is 0 Å². The third-order valence-electron chi connectivity index (χ3n) is 3.86. The third-order valence-corrected chi connectivity index (χ3v) is 3.86. The summed E-state index contributed by atoms with van der Waals surface area (Å²) < 4.78 is 10.6. The second-order valence-electron chi connectivity index (χ2n) is 5.92. The molecule has 0 heterocycles. The van der Waals surface area contributed by atoms with Crippen molar-refractivity contribution in [3.63, 3.8) is 0 Å². The normalized spacial score (nSPS) is 11.5. The molecule has 0 radical (unpaired) electrons. The molecule has 0 aromatic heterocycles. The predicted molar refractivity (Wildman–Crippen MR) is 102 cm³/mol. The first-order chi connectivity index (χ1) is 12.5. The Labute approximate surface area is 154 Å². The van der Waals surface area contributed by atoms with Crippen LogP contribution < -0.4 is 10.1 Å². The summed E-state index contributed by atoms with van der Waals surface area (Å²) in [5.41, 5.74) is 2.41. The number of carbonyl (C=O) groups is 2. The second kappa shape index (κ2) is 9.61. The summed E-state index contributed by atoms with van der Waals surface area (Å²) in [7, 11) is 0. The molecular formula is C21H25NO4. The van der Waals surface area contributed by atoms with Crippen LogP contribution in [0.3, 0.4) is 0 Å². The van der Waals surface area contributed by atoms with Gasteiger partial charge in [-0.15, -0.1) is 0 Å². The summed E-state index contributed by atoms with van der Waals surface area (Å²) in [5.74, 6) is -0.0749. The molecule has 0 aliphatic carbocycles. The van der Waals surface area contributed by atoms with Gasteiger partial charge < -0.3 is 14.8 Å². The SMILES string of the molecule is CCCOC(=O)[C@@H](C)Oc1ccc(C(=O)Nc2ccccc2CC)cc1. The third kappa shape index (κ3) is 5.34. The van der Waals surface area contributed by atoms with E-state index in [2.05, 4.69) is 5.32 Å². The topological polar surface area (TPSA) is 64.6 Å². The second-order valence-corrected chi connectivity index (χ2v) is 5.92. The molecule has 1 amide bonds. The van der Waals surface area contributed by atoms with E-state index in [1.807, 2.05) is 38.1 Å². The number of ether oxygens (including phenoxy) is 2. The highest BCUT2D eigenvalue weighted by Gasteiger charge is 2.16. The van der Waals surface area contributed by atoms with Crippen molar-refractivity contribution in [3.05, 3.63) is 59.7 Å². The van der Waals surface area contributed by atoms with Crippen LogP contribution in [0.15, 0.2) is 48.5 Å². The van der Waals surface area contributed by atoms with Gasteiger partial charge in [-0.3, -0.25) is 4.79 Å². The van der Waals surface area contributed by atoms with Gasteiger partial charge in [0.05, 0.1) is 6.61 Å². The molecule has 0 saturated carbocycles. The highest BCUT2D eigenvalue weighted by atomic mass is 16.6. The maximum absolute atomic E-state index is 12.4. The molecular weight excluding hydrogens is 330 g/mol. The zero-order valence-electron chi connectivity index (χ0n) is 15.5. The van der Waals surface area contributed by atoms with Crippen molar-refractivity contribution in [2.24, 2.45) is 0 Å². The van der Waals surface area contributed by atoms with Gasteiger partial charge in [-0.05, 0) is 55.7 Å². The van der Waals surface area contributed by atoms with Gasteiger partial charge >= 0.3 is 5.97 Å². The molecule has 0 aliphatic heterocycles. The van der Waals surface area contributed by atoms with E-state index in [9.17, 15) is 9.59 Å². The lowest BCUT2D eigenvalue weighted by molar-refractivity contribution is -0.151. The summed E-state index contributed by atoms with van der Waals surface area (Å²) in [4.78, 5) is 24.1. The number of nitrogens with one attached hydrogen (secondary N) is 1. The lowest BCUT2D eigenvalue weighted by atomic mass is 10.1. The highest BCUT2D eigenvalue weighted by Crippen LogP contribution is 2.18. The van der Waals surface area contributed by atoms with Crippen molar-refractivity contribution < 1.29 is 19.1 Å². The summed E-state index contributed by atoms with van der Waals surface area (Å²) in [6.45, 7) is 6.00. The van der Waals surface area contributed by atoms with Crippen molar-refractivity contribution >= 4 is 17.6 Å². The van der Waals surface area contributed by atoms with E-state index >= 15 is 0 Å². The Hall–Kier alpha value is -2.82. The van der Waals surface area contributed by atoms with E-state index < -0.39 is 12.1 Å². The van der Waals surface area contributed by atoms with E-state index in [0.29, 0.717) is 17.9 Å². The minimum absolute atomic E-state index is 0.187. The first-order valence-corrected chi connectivity index (χ1v) is 8.87. The summed E-state index contributed by atoms with van der Waals surface area (Å²) in [6.07, 6.45) is 0.913. The molecule has 5 nitrogen and oxygen atoms in total. The number of amides is 1. The van der Waals surface area contributed by atoms with E-state index in [1.54, 1.807) is 31.2 Å². The van der Waals surface area contributed by atoms with Crippen LogP contribution in [0.2, 0.25) is 0 Å². The van der Waals surface area contributed by atoms with Gasteiger partial charge in [-0.25, -0.2) is 4.79 Å². The van der Waals surface area contributed by atoms with Crippen LogP contribution >= 0.6 is 0 Å². The standard InChI is InChI=1S/C21H25NO4/c1-4-14-25-21(24)15(3)26-18-12-10-17(11-13-18)20(23)22-19-9-7-6-8-16(19)5-2/h6-13,15H,4-5,14H2,1-3H3,(H,22,23)/t15-/m1/s1. The average molecular weight is 355 g/mol. The van der Waals surface area contributed by atoms with Crippen molar-refractivity contribution in [2.75, 3.05) is 11.9 Å². The molecule has 1 atom stereocenters. The van der Waals surface area contributed by atoms with Crippen LogP contribution in [0.4, 0.5) is 5.69 Å². The molecule has 0 bridgehead atoms. The molecule has 26 heavy (non-hydrogen) atoms. The first kappa shape index (κ1) is 19.5. The number of para-hydroxylation sites is 1. The number of hydrogen-bond donors (Lipinski definition) is 1. The summed E-state index contributed by atoms with van der Waals surface area (Å²) in [5, 5.41) is 2.93. The largest absolute Gasteiger partial charge is 0.479 e. The maximum atomic E-state index is 12.4. The predicted octanol–water partition coefficient (Wildman–Crippen LogP) is 4.22. The lowest BCUT2D eigenvalue weighted by Gasteiger charge is -2.14. The maximum Gasteiger partial charge on any atom is 0.347 e. The van der Waals surface area contributed by atoms with Crippen molar-refractivity contribution in [1.82, 2.24) is 0 Å². The Bertz CT molecular complexity index is 740. The van der Waals surface area contributed by atoms with Gasteiger partial charge in [0.15, 0.2) is 6.10 Å². The Morgan fingerprint density at radius 2 is 1.73 bits per heavy atom.